The molecule has 0 atom stereocenters. The highest BCUT2D eigenvalue weighted by Gasteiger charge is 2.14. The van der Waals surface area contributed by atoms with Crippen LogP contribution in [-0.2, 0) is 0 Å². The van der Waals surface area contributed by atoms with Crippen molar-refractivity contribution in [2.75, 3.05) is 18.6 Å². The van der Waals surface area contributed by atoms with Crippen molar-refractivity contribution in [3.63, 3.8) is 0 Å². The molecule has 0 N–H and O–H groups in total. The molecule has 0 saturated heterocycles. The third-order valence-electron chi connectivity index (χ3n) is 6.75. The van der Waals surface area contributed by atoms with E-state index in [0.717, 1.165) is 35.2 Å². The van der Waals surface area contributed by atoms with Gasteiger partial charge in [0.15, 0.2) is 0 Å². The molecule has 180 valence electrons. The lowest BCUT2D eigenvalue weighted by Crippen LogP contribution is -2.21. The lowest BCUT2D eigenvalue weighted by atomic mass is 10.2. The first kappa shape index (κ1) is 21.3. The molecule has 3 heterocycles. The van der Waals surface area contributed by atoms with Crippen LogP contribution in [0.5, 0.6) is 11.5 Å². The van der Waals surface area contributed by atoms with Crippen LogP contribution in [0.25, 0.3) is 33.2 Å². The van der Waals surface area contributed by atoms with Crippen molar-refractivity contribution in [1.82, 2.24) is 19.2 Å². The molecule has 0 radical (unpaired) electrons. The second-order valence-corrected chi connectivity index (χ2v) is 9.28. The molecular weight excluding hydrogens is 458 g/mol. The zero-order valence-electron chi connectivity index (χ0n) is 20.4. The predicted molar refractivity (Wildman–Crippen MR) is 149 cm³/mol. The van der Waals surface area contributed by atoms with E-state index in [1.165, 1.54) is 21.8 Å². The summed E-state index contributed by atoms with van der Waals surface area (Å²) in [5.41, 5.74) is 5.38. The molecule has 0 fully saturated rings. The van der Waals surface area contributed by atoms with Gasteiger partial charge in [-0.05, 0) is 36.4 Å². The number of rotatable bonds is 5. The van der Waals surface area contributed by atoms with Crippen LogP contribution in [0.3, 0.4) is 0 Å². The molecule has 37 heavy (non-hydrogen) atoms. The standard InChI is InChI=1S/C31H25N5O/c1-33-16-17-34(22-33)23-8-6-10-26(18-23)37-27-11-7-9-24(19-27)35-21-25(20-32-35)36-30-14-4-2-12-28(30)29-13-3-5-15-31(29)36/h2-21H,22H2,1H3. The minimum absolute atomic E-state index is 0.762. The van der Waals surface area contributed by atoms with Crippen LogP contribution in [0.2, 0.25) is 0 Å². The molecule has 6 heteroatoms. The molecule has 1 aliphatic rings. The summed E-state index contributed by atoms with van der Waals surface area (Å²) in [6, 6.07) is 33.2. The van der Waals surface area contributed by atoms with Gasteiger partial charge < -0.3 is 19.1 Å². The maximum Gasteiger partial charge on any atom is 0.129 e. The third-order valence-corrected chi connectivity index (χ3v) is 6.75. The van der Waals surface area contributed by atoms with Crippen LogP contribution in [0.1, 0.15) is 0 Å². The Kier molecular flexibility index (Phi) is 4.96. The number of fused-ring (bicyclic) bond motifs is 3. The maximum absolute atomic E-state index is 6.25. The smallest absolute Gasteiger partial charge is 0.129 e. The number of ether oxygens (including phenoxy) is 1. The van der Waals surface area contributed by atoms with Gasteiger partial charge in [0.25, 0.3) is 0 Å². The van der Waals surface area contributed by atoms with E-state index in [1.807, 2.05) is 47.3 Å². The summed E-state index contributed by atoms with van der Waals surface area (Å²) >= 11 is 0. The number of anilines is 1. The molecule has 6 nitrogen and oxygen atoms in total. The Balaban J connectivity index is 1.20. The fourth-order valence-corrected chi connectivity index (χ4v) is 5.02. The number of para-hydroxylation sites is 2. The van der Waals surface area contributed by atoms with Gasteiger partial charge in [0, 0.05) is 48.0 Å². The molecule has 0 bridgehead atoms. The lowest BCUT2D eigenvalue weighted by molar-refractivity contribution is 0.480. The Morgan fingerprint density at radius 3 is 2.00 bits per heavy atom. The maximum atomic E-state index is 6.25. The highest BCUT2D eigenvalue weighted by Crippen LogP contribution is 2.32. The first-order valence-electron chi connectivity index (χ1n) is 12.3. The Labute approximate surface area is 214 Å². The molecule has 0 aliphatic carbocycles. The molecule has 0 saturated carbocycles. The van der Waals surface area contributed by atoms with Gasteiger partial charge in [-0.2, -0.15) is 5.10 Å². The molecule has 0 unspecified atom stereocenters. The van der Waals surface area contributed by atoms with E-state index in [4.69, 9.17) is 9.84 Å². The first-order chi connectivity index (χ1) is 18.2. The monoisotopic (exact) mass is 483 g/mol. The molecule has 6 aromatic rings. The molecule has 0 spiro atoms. The number of nitrogens with zero attached hydrogens (tertiary/aromatic N) is 5. The van der Waals surface area contributed by atoms with E-state index in [0.29, 0.717) is 0 Å². The van der Waals surface area contributed by atoms with Crippen molar-refractivity contribution in [2.45, 2.75) is 0 Å². The zero-order chi connectivity index (χ0) is 24.8. The number of hydrogen-bond donors (Lipinski definition) is 0. The number of benzene rings is 4. The van der Waals surface area contributed by atoms with E-state index in [1.54, 1.807) is 0 Å². The van der Waals surface area contributed by atoms with Gasteiger partial charge in [-0.25, -0.2) is 4.68 Å². The molecule has 2 aromatic heterocycles. The van der Waals surface area contributed by atoms with Gasteiger partial charge in [0.2, 0.25) is 0 Å². The summed E-state index contributed by atoms with van der Waals surface area (Å²) in [7, 11) is 2.06. The Morgan fingerprint density at radius 1 is 0.676 bits per heavy atom. The molecule has 1 aliphatic heterocycles. The van der Waals surface area contributed by atoms with Gasteiger partial charge in [0.05, 0.1) is 41.5 Å². The predicted octanol–water partition coefficient (Wildman–Crippen LogP) is 6.94. The van der Waals surface area contributed by atoms with Gasteiger partial charge in [-0.3, -0.25) is 0 Å². The van der Waals surface area contributed by atoms with Crippen LogP contribution in [0, 0.1) is 0 Å². The van der Waals surface area contributed by atoms with Gasteiger partial charge in [-0.1, -0.05) is 48.5 Å². The van der Waals surface area contributed by atoms with E-state index in [9.17, 15) is 0 Å². The van der Waals surface area contributed by atoms with E-state index >= 15 is 0 Å². The summed E-state index contributed by atoms with van der Waals surface area (Å²) < 4.78 is 10.4. The zero-order valence-corrected chi connectivity index (χ0v) is 20.4. The molecule has 0 amide bonds. The first-order valence-corrected chi connectivity index (χ1v) is 12.3. The topological polar surface area (TPSA) is 38.5 Å². The summed E-state index contributed by atoms with van der Waals surface area (Å²) in [6.07, 6.45) is 8.12. The minimum Gasteiger partial charge on any atom is -0.457 e. The van der Waals surface area contributed by atoms with Crippen LogP contribution in [0.4, 0.5) is 5.69 Å². The van der Waals surface area contributed by atoms with Crippen molar-refractivity contribution in [3.8, 4) is 22.9 Å². The highest BCUT2D eigenvalue weighted by atomic mass is 16.5. The van der Waals surface area contributed by atoms with Crippen LogP contribution >= 0.6 is 0 Å². The van der Waals surface area contributed by atoms with Gasteiger partial charge >= 0.3 is 0 Å². The number of aromatic nitrogens is 3. The number of hydrogen-bond acceptors (Lipinski definition) is 4. The van der Waals surface area contributed by atoms with Crippen molar-refractivity contribution in [1.29, 1.82) is 0 Å². The summed E-state index contributed by atoms with van der Waals surface area (Å²) in [6.45, 7) is 0.826. The third kappa shape index (κ3) is 3.79. The Hall–Kier alpha value is -4.97. The van der Waals surface area contributed by atoms with Crippen molar-refractivity contribution in [3.05, 3.63) is 122 Å². The average Bonchev–Trinajstić information content (AvgIpc) is 3.66. The fraction of sp³-hybridized carbons (Fsp3) is 0.0645. The summed E-state index contributed by atoms with van der Waals surface area (Å²) in [5, 5.41) is 7.17. The quantitative estimate of drug-likeness (QED) is 0.266. The lowest BCUT2D eigenvalue weighted by Gasteiger charge is -2.19. The summed E-state index contributed by atoms with van der Waals surface area (Å²) in [5.74, 6) is 1.56. The van der Waals surface area contributed by atoms with Crippen molar-refractivity contribution in [2.24, 2.45) is 0 Å². The van der Waals surface area contributed by atoms with Gasteiger partial charge in [0.1, 0.15) is 11.5 Å². The van der Waals surface area contributed by atoms with Crippen LogP contribution in [-0.4, -0.2) is 33.0 Å². The largest absolute Gasteiger partial charge is 0.457 e. The second kappa shape index (κ2) is 8.60. The highest BCUT2D eigenvalue weighted by molar-refractivity contribution is 6.09. The van der Waals surface area contributed by atoms with Gasteiger partial charge in [-0.15, -0.1) is 0 Å². The normalized spacial score (nSPS) is 13.2. The van der Waals surface area contributed by atoms with Crippen LogP contribution in [0.15, 0.2) is 122 Å². The van der Waals surface area contributed by atoms with Crippen LogP contribution < -0.4 is 9.64 Å². The Bertz CT molecular complexity index is 1730. The fourth-order valence-electron chi connectivity index (χ4n) is 5.02. The SMILES string of the molecule is CN1C=CN(c2cccc(Oc3cccc(-n4cc(-n5c6ccccc6c6ccccc65)cn4)c3)c2)C1. The van der Waals surface area contributed by atoms with E-state index in [2.05, 4.69) is 101 Å². The van der Waals surface area contributed by atoms with E-state index < -0.39 is 0 Å². The average molecular weight is 484 g/mol. The minimum atomic E-state index is 0.762. The van der Waals surface area contributed by atoms with Crippen molar-refractivity contribution < 1.29 is 4.74 Å². The molecular formula is C31H25N5O. The molecule has 4 aromatic carbocycles. The van der Waals surface area contributed by atoms with Crippen molar-refractivity contribution >= 4 is 27.5 Å². The van der Waals surface area contributed by atoms with E-state index in [-0.39, 0.29) is 0 Å². The Morgan fingerprint density at radius 2 is 1.32 bits per heavy atom. The molecule has 7 rings (SSSR count). The second-order valence-electron chi connectivity index (χ2n) is 9.28. The summed E-state index contributed by atoms with van der Waals surface area (Å²) in [4.78, 5) is 4.32.